The van der Waals surface area contributed by atoms with Crippen LogP contribution in [0.1, 0.15) is 29.9 Å². The molecule has 1 N–H and O–H groups in total. The summed E-state index contributed by atoms with van der Waals surface area (Å²) in [6.45, 7) is 0.706. The van der Waals surface area contributed by atoms with Crippen LogP contribution in [-0.2, 0) is 6.42 Å². The normalized spacial score (nSPS) is 19.5. The predicted molar refractivity (Wildman–Crippen MR) is 77.9 cm³/mol. The van der Waals surface area contributed by atoms with E-state index in [2.05, 4.69) is 22.9 Å². The van der Waals surface area contributed by atoms with Gasteiger partial charge in [-0.05, 0) is 53.3 Å². The van der Waals surface area contributed by atoms with Crippen LogP contribution in [0, 0.1) is 0 Å². The third-order valence-electron chi connectivity index (χ3n) is 3.78. The van der Waals surface area contributed by atoms with Crippen LogP contribution in [0.3, 0.4) is 0 Å². The topological polar surface area (TPSA) is 29.5 Å². The maximum absolute atomic E-state index is 10.5. The summed E-state index contributed by atoms with van der Waals surface area (Å²) in [6.07, 6.45) is 2.38. The van der Waals surface area contributed by atoms with Gasteiger partial charge in [0.2, 0.25) is 0 Å². The molecule has 100 valence electrons. The Balaban J connectivity index is 1.69. The van der Waals surface area contributed by atoms with E-state index in [9.17, 15) is 5.11 Å². The first-order valence-corrected chi connectivity index (χ1v) is 7.70. The fourth-order valence-corrected chi connectivity index (χ4v) is 3.42. The SMILES string of the molecule is OC(CCc1ccsc1)C1CCOc2ccccc21. The van der Waals surface area contributed by atoms with Gasteiger partial charge in [0.15, 0.2) is 0 Å². The number of ether oxygens (including phenoxy) is 1. The summed E-state index contributed by atoms with van der Waals surface area (Å²) < 4.78 is 5.64. The Morgan fingerprint density at radius 1 is 1.32 bits per heavy atom. The van der Waals surface area contributed by atoms with Crippen molar-refractivity contribution in [2.24, 2.45) is 0 Å². The zero-order valence-electron chi connectivity index (χ0n) is 10.8. The standard InChI is InChI=1S/C16H18O2S/c17-15(6-5-12-8-10-19-11-12)13-7-9-18-16-4-2-1-3-14(13)16/h1-4,8,10-11,13,15,17H,5-7,9H2. The van der Waals surface area contributed by atoms with Crippen molar-refractivity contribution in [3.8, 4) is 5.75 Å². The van der Waals surface area contributed by atoms with E-state index in [1.165, 1.54) is 5.56 Å². The van der Waals surface area contributed by atoms with E-state index in [-0.39, 0.29) is 12.0 Å². The number of benzene rings is 1. The van der Waals surface area contributed by atoms with Crippen LogP contribution in [0.15, 0.2) is 41.1 Å². The summed E-state index contributed by atoms with van der Waals surface area (Å²) in [5, 5.41) is 14.7. The molecule has 19 heavy (non-hydrogen) atoms. The third-order valence-corrected chi connectivity index (χ3v) is 4.51. The van der Waals surface area contributed by atoms with Crippen molar-refractivity contribution in [2.75, 3.05) is 6.61 Å². The van der Waals surface area contributed by atoms with Gasteiger partial charge in [0, 0.05) is 5.92 Å². The summed E-state index contributed by atoms with van der Waals surface area (Å²) in [5.41, 5.74) is 2.48. The molecular weight excluding hydrogens is 256 g/mol. The predicted octanol–water partition coefficient (Wildman–Crippen LogP) is 3.61. The van der Waals surface area contributed by atoms with Crippen LogP contribution in [0.5, 0.6) is 5.75 Å². The number of aliphatic hydroxyl groups excluding tert-OH is 1. The first kappa shape index (κ1) is 12.7. The van der Waals surface area contributed by atoms with Gasteiger partial charge in [-0.15, -0.1) is 0 Å². The van der Waals surface area contributed by atoms with Gasteiger partial charge in [-0.3, -0.25) is 0 Å². The molecule has 0 saturated heterocycles. The average Bonchev–Trinajstić information content (AvgIpc) is 2.97. The first-order chi connectivity index (χ1) is 9.34. The lowest BCUT2D eigenvalue weighted by atomic mass is 9.86. The lowest BCUT2D eigenvalue weighted by Crippen LogP contribution is -2.25. The largest absolute Gasteiger partial charge is 0.493 e. The molecule has 1 aromatic heterocycles. The van der Waals surface area contributed by atoms with Crippen molar-refractivity contribution >= 4 is 11.3 Å². The molecule has 2 aromatic rings. The summed E-state index contributed by atoms with van der Waals surface area (Å²) in [5.74, 6) is 1.15. The van der Waals surface area contributed by atoms with Gasteiger partial charge in [0.05, 0.1) is 12.7 Å². The van der Waals surface area contributed by atoms with E-state index in [0.717, 1.165) is 30.6 Å². The van der Waals surface area contributed by atoms with Gasteiger partial charge in [0.1, 0.15) is 5.75 Å². The molecule has 2 heterocycles. The van der Waals surface area contributed by atoms with Gasteiger partial charge in [-0.25, -0.2) is 0 Å². The molecule has 0 amide bonds. The Morgan fingerprint density at radius 3 is 3.05 bits per heavy atom. The van der Waals surface area contributed by atoms with Crippen LogP contribution < -0.4 is 4.74 Å². The third kappa shape index (κ3) is 2.82. The Hall–Kier alpha value is -1.32. The number of aryl methyl sites for hydroxylation is 1. The second-order valence-electron chi connectivity index (χ2n) is 5.02. The van der Waals surface area contributed by atoms with Gasteiger partial charge >= 0.3 is 0 Å². The second-order valence-corrected chi connectivity index (χ2v) is 5.80. The number of thiophene rings is 1. The van der Waals surface area contributed by atoms with Gasteiger partial charge in [0.25, 0.3) is 0 Å². The highest BCUT2D eigenvalue weighted by Gasteiger charge is 2.27. The number of hydrogen-bond acceptors (Lipinski definition) is 3. The minimum Gasteiger partial charge on any atom is -0.493 e. The first-order valence-electron chi connectivity index (χ1n) is 6.75. The lowest BCUT2D eigenvalue weighted by Gasteiger charge is -2.29. The zero-order chi connectivity index (χ0) is 13.1. The minimum absolute atomic E-state index is 0.212. The van der Waals surface area contributed by atoms with E-state index in [4.69, 9.17) is 4.74 Å². The summed E-state index contributed by atoms with van der Waals surface area (Å²) in [7, 11) is 0. The van der Waals surface area contributed by atoms with Gasteiger partial charge < -0.3 is 9.84 Å². The lowest BCUT2D eigenvalue weighted by molar-refractivity contribution is 0.109. The van der Waals surface area contributed by atoms with Crippen molar-refractivity contribution in [1.82, 2.24) is 0 Å². The quantitative estimate of drug-likeness (QED) is 0.923. The van der Waals surface area contributed by atoms with Crippen LogP contribution in [0.4, 0.5) is 0 Å². The molecule has 2 unspecified atom stereocenters. The molecule has 3 rings (SSSR count). The van der Waals surface area contributed by atoms with Crippen molar-refractivity contribution in [2.45, 2.75) is 31.3 Å². The Morgan fingerprint density at radius 2 is 2.21 bits per heavy atom. The van der Waals surface area contributed by atoms with Crippen molar-refractivity contribution in [3.63, 3.8) is 0 Å². The number of para-hydroxylation sites is 1. The molecule has 0 fully saturated rings. The summed E-state index contributed by atoms with van der Waals surface area (Å²) >= 11 is 1.71. The van der Waals surface area contributed by atoms with Crippen molar-refractivity contribution < 1.29 is 9.84 Å². The Bertz CT molecular complexity index is 521. The monoisotopic (exact) mass is 274 g/mol. The molecule has 0 saturated carbocycles. The summed E-state index contributed by atoms with van der Waals surface area (Å²) in [4.78, 5) is 0. The maximum Gasteiger partial charge on any atom is 0.122 e. The van der Waals surface area contributed by atoms with E-state index >= 15 is 0 Å². The Kier molecular flexibility index (Phi) is 3.85. The molecule has 1 aliphatic heterocycles. The molecule has 0 spiro atoms. The average molecular weight is 274 g/mol. The van der Waals surface area contributed by atoms with E-state index in [1.807, 2.05) is 18.2 Å². The number of fused-ring (bicyclic) bond motifs is 1. The molecule has 1 aromatic carbocycles. The fraction of sp³-hybridized carbons (Fsp3) is 0.375. The highest BCUT2D eigenvalue weighted by Crippen LogP contribution is 2.36. The van der Waals surface area contributed by atoms with E-state index in [0.29, 0.717) is 6.61 Å². The Labute approximate surface area is 117 Å². The molecule has 0 radical (unpaired) electrons. The number of hydrogen-bond donors (Lipinski definition) is 1. The van der Waals surface area contributed by atoms with E-state index in [1.54, 1.807) is 11.3 Å². The van der Waals surface area contributed by atoms with E-state index < -0.39 is 0 Å². The van der Waals surface area contributed by atoms with Gasteiger partial charge in [-0.2, -0.15) is 11.3 Å². The molecule has 2 nitrogen and oxygen atoms in total. The maximum atomic E-state index is 10.5. The van der Waals surface area contributed by atoms with Crippen LogP contribution >= 0.6 is 11.3 Å². The number of aliphatic hydroxyl groups is 1. The molecular formula is C16H18O2S. The van der Waals surface area contributed by atoms with Crippen molar-refractivity contribution in [3.05, 3.63) is 52.2 Å². The molecule has 0 bridgehead atoms. The highest BCUT2D eigenvalue weighted by molar-refractivity contribution is 7.07. The fourth-order valence-electron chi connectivity index (χ4n) is 2.72. The van der Waals surface area contributed by atoms with Crippen LogP contribution in [0.25, 0.3) is 0 Å². The highest BCUT2D eigenvalue weighted by atomic mass is 32.1. The van der Waals surface area contributed by atoms with Crippen molar-refractivity contribution in [1.29, 1.82) is 0 Å². The van der Waals surface area contributed by atoms with Crippen LogP contribution in [0.2, 0.25) is 0 Å². The smallest absolute Gasteiger partial charge is 0.122 e. The zero-order valence-corrected chi connectivity index (χ0v) is 11.6. The van der Waals surface area contributed by atoms with Gasteiger partial charge in [-0.1, -0.05) is 18.2 Å². The van der Waals surface area contributed by atoms with Crippen LogP contribution in [-0.4, -0.2) is 17.8 Å². The second kappa shape index (κ2) is 5.76. The minimum atomic E-state index is -0.287. The molecule has 3 heteroatoms. The molecule has 2 atom stereocenters. The molecule has 0 aliphatic carbocycles. The molecule has 1 aliphatic rings. The summed E-state index contributed by atoms with van der Waals surface area (Å²) in [6, 6.07) is 10.2. The number of rotatable bonds is 4.